The predicted octanol–water partition coefficient (Wildman–Crippen LogP) is 3.96. The lowest BCUT2D eigenvalue weighted by molar-refractivity contribution is -0.121. The van der Waals surface area contributed by atoms with Crippen molar-refractivity contribution in [3.05, 3.63) is 54.4 Å². The highest BCUT2D eigenvalue weighted by atomic mass is 16.5. The number of aromatic nitrogens is 2. The zero-order valence-electron chi connectivity index (χ0n) is 19.1. The fourth-order valence-corrected chi connectivity index (χ4v) is 4.62. The Bertz CT molecular complexity index is 1150. The van der Waals surface area contributed by atoms with Crippen LogP contribution in [0.1, 0.15) is 31.2 Å². The number of aliphatic hydroxyl groups excluding tert-OH is 1. The van der Waals surface area contributed by atoms with Gasteiger partial charge in [-0.2, -0.15) is 5.10 Å². The first-order chi connectivity index (χ1) is 16.6. The largest absolute Gasteiger partial charge is 0.497 e. The second-order valence-electron chi connectivity index (χ2n) is 8.93. The molecule has 3 atom stereocenters. The highest BCUT2D eigenvalue weighted by molar-refractivity contribution is 5.95. The molecule has 0 bridgehead atoms. The van der Waals surface area contributed by atoms with E-state index in [1.165, 1.54) is 0 Å². The zero-order valence-corrected chi connectivity index (χ0v) is 19.1. The summed E-state index contributed by atoms with van der Waals surface area (Å²) in [6.07, 6.45) is 6.83. The van der Waals surface area contributed by atoms with Crippen molar-refractivity contribution in [2.24, 2.45) is 5.92 Å². The number of hydrogen-bond donors (Lipinski definition) is 3. The van der Waals surface area contributed by atoms with Crippen LogP contribution in [0.4, 0.5) is 5.69 Å². The van der Waals surface area contributed by atoms with Crippen LogP contribution in [0, 0.1) is 5.92 Å². The monoisotopic (exact) mass is 463 g/mol. The smallest absolute Gasteiger partial charge is 0.231 e. The molecule has 1 amide bonds. The van der Waals surface area contributed by atoms with Gasteiger partial charge < -0.3 is 24.6 Å². The molecule has 178 valence electrons. The molecule has 3 N–H and O–H groups in total. The molecule has 1 aliphatic carbocycles. The summed E-state index contributed by atoms with van der Waals surface area (Å²) in [7, 11) is 1.62. The van der Waals surface area contributed by atoms with Crippen LogP contribution in [0.5, 0.6) is 17.2 Å². The number of amides is 1. The van der Waals surface area contributed by atoms with Crippen molar-refractivity contribution in [2.75, 3.05) is 19.0 Å². The van der Waals surface area contributed by atoms with E-state index in [9.17, 15) is 9.90 Å². The van der Waals surface area contributed by atoms with Crippen LogP contribution < -0.4 is 19.5 Å². The molecule has 0 radical (unpaired) electrons. The number of fused-ring (bicyclic) bond motifs is 1. The van der Waals surface area contributed by atoms with Gasteiger partial charge in [-0.3, -0.25) is 9.89 Å². The normalized spacial score (nSPS) is 21.8. The van der Waals surface area contributed by atoms with E-state index >= 15 is 0 Å². The highest BCUT2D eigenvalue weighted by Gasteiger charge is 2.28. The number of ether oxygens (including phenoxy) is 3. The van der Waals surface area contributed by atoms with E-state index in [1.54, 1.807) is 13.3 Å². The summed E-state index contributed by atoms with van der Waals surface area (Å²) < 4.78 is 17.5. The standard InChI is InChI=1S/C26H29N3O5/c1-32-21-6-8-24-17(10-21)9-18(15-33-24)26(31)29-23-7-5-16(19-13-27-28-14-19)11-25(23)34-22-4-2-3-20(30)12-22/h5-8,10-11,13-14,18,20,22,30H,2-4,9,12,15H2,1H3,(H,27,28)(H,29,31)/t18-,20-,22+/m0/s1. The highest BCUT2D eigenvalue weighted by Crippen LogP contribution is 2.35. The SMILES string of the molecule is COc1ccc2c(c1)C[C@H](C(=O)Nc1ccc(-c3cn[nH]c3)cc1O[C@@H]1CCC[C@H](O)C1)CO2. The van der Waals surface area contributed by atoms with Crippen LogP contribution >= 0.6 is 0 Å². The molecule has 34 heavy (non-hydrogen) atoms. The van der Waals surface area contributed by atoms with Gasteiger partial charge in [-0.1, -0.05) is 6.07 Å². The minimum absolute atomic E-state index is 0.101. The maximum atomic E-state index is 13.2. The molecule has 1 aromatic heterocycles. The van der Waals surface area contributed by atoms with Crippen molar-refractivity contribution in [3.63, 3.8) is 0 Å². The van der Waals surface area contributed by atoms with Crippen molar-refractivity contribution in [1.29, 1.82) is 0 Å². The van der Waals surface area contributed by atoms with Crippen LogP contribution in [-0.2, 0) is 11.2 Å². The van der Waals surface area contributed by atoms with Gasteiger partial charge in [0.1, 0.15) is 30.0 Å². The Labute approximate surface area is 198 Å². The van der Waals surface area contributed by atoms with Crippen molar-refractivity contribution in [3.8, 4) is 28.4 Å². The number of methoxy groups -OCH3 is 1. The first-order valence-electron chi connectivity index (χ1n) is 11.7. The van der Waals surface area contributed by atoms with Crippen molar-refractivity contribution < 1.29 is 24.1 Å². The molecule has 1 aliphatic heterocycles. The molecule has 0 spiro atoms. The Morgan fingerprint density at radius 2 is 2.12 bits per heavy atom. The molecular formula is C26H29N3O5. The van der Waals surface area contributed by atoms with Gasteiger partial charge in [0, 0.05) is 18.2 Å². The number of rotatable bonds is 6. The zero-order chi connectivity index (χ0) is 23.5. The molecule has 2 heterocycles. The number of aromatic amines is 1. The Balaban J connectivity index is 1.36. The van der Waals surface area contributed by atoms with E-state index in [1.807, 2.05) is 42.6 Å². The molecule has 1 saturated carbocycles. The molecule has 8 nitrogen and oxygen atoms in total. The summed E-state index contributed by atoms with van der Waals surface area (Å²) in [5.74, 6) is 1.65. The summed E-state index contributed by atoms with van der Waals surface area (Å²) >= 11 is 0. The average Bonchev–Trinajstić information content (AvgIpc) is 3.39. The van der Waals surface area contributed by atoms with E-state index < -0.39 is 0 Å². The third kappa shape index (κ3) is 4.87. The van der Waals surface area contributed by atoms with Gasteiger partial charge in [0.2, 0.25) is 5.91 Å². The number of benzene rings is 2. The van der Waals surface area contributed by atoms with E-state index in [-0.39, 0.29) is 24.0 Å². The Morgan fingerprint density at radius 3 is 2.91 bits per heavy atom. The molecule has 0 saturated heterocycles. The average molecular weight is 464 g/mol. The van der Waals surface area contributed by atoms with Gasteiger partial charge in [-0.05, 0) is 67.1 Å². The predicted molar refractivity (Wildman–Crippen MR) is 127 cm³/mol. The number of carbonyl (C=O) groups excluding carboxylic acids is 1. The van der Waals surface area contributed by atoms with E-state index in [0.29, 0.717) is 30.9 Å². The molecule has 0 unspecified atom stereocenters. The number of nitrogens with one attached hydrogen (secondary N) is 2. The number of aliphatic hydroxyl groups is 1. The van der Waals surface area contributed by atoms with Gasteiger partial charge in [0.25, 0.3) is 0 Å². The lowest BCUT2D eigenvalue weighted by Crippen LogP contribution is -2.33. The summed E-state index contributed by atoms with van der Waals surface area (Å²) in [6.45, 7) is 0.309. The molecule has 2 aromatic carbocycles. The number of anilines is 1. The lowest BCUT2D eigenvalue weighted by atomic mass is 9.95. The van der Waals surface area contributed by atoms with E-state index in [2.05, 4.69) is 15.5 Å². The molecule has 1 fully saturated rings. The number of hydrogen-bond acceptors (Lipinski definition) is 6. The van der Waals surface area contributed by atoms with Gasteiger partial charge in [0.05, 0.1) is 31.0 Å². The van der Waals surface area contributed by atoms with Crippen molar-refractivity contribution in [2.45, 2.75) is 44.3 Å². The quantitative estimate of drug-likeness (QED) is 0.511. The minimum atomic E-state index is -0.356. The first kappa shape index (κ1) is 22.3. The van der Waals surface area contributed by atoms with E-state index in [0.717, 1.165) is 47.5 Å². The van der Waals surface area contributed by atoms with Crippen molar-refractivity contribution in [1.82, 2.24) is 10.2 Å². The molecular weight excluding hydrogens is 434 g/mol. The topological polar surface area (TPSA) is 106 Å². The Kier molecular flexibility index (Phi) is 6.40. The first-order valence-corrected chi connectivity index (χ1v) is 11.7. The van der Waals surface area contributed by atoms with Gasteiger partial charge in [-0.25, -0.2) is 0 Å². The number of carbonyl (C=O) groups is 1. The van der Waals surface area contributed by atoms with E-state index in [4.69, 9.17) is 14.2 Å². The third-order valence-corrected chi connectivity index (χ3v) is 6.51. The maximum Gasteiger partial charge on any atom is 0.231 e. The van der Waals surface area contributed by atoms with Crippen LogP contribution in [-0.4, -0.2) is 47.1 Å². The van der Waals surface area contributed by atoms with Gasteiger partial charge in [0.15, 0.2) is 0 Å². The van der Waals surface area contributed by atoms with Crippen molar-refractivity contribution >= 4 is 11.6 Å². The van der Waals surface area contributed by atoms with Crippen LogP contribution in [0.25, 0.3) is 11.1 Å². The minimum Gasteiger partial charge on any atom is -0.497 e. The summed E-state index contributed by atoms with van der Waals surface area (Å²) in [4.78, 5) is 13.2. The fraction of sp³-hybridized carbons (Fsp3) is 0.385. The Morgan fingerprint density at radius 1 is 1.21 bits per heavy atom. The second kappa shape index (κ2) is 9.77. The van der Waals surface area contributed by atoms with Gasteiger partial charge >= 0.3 is 0 Å². The number of H-pyrrole nitrogens is 1. The lowest BCUT2D eigenvalue weighted by Gasteiger charge is -2.28. The Hall–Kier alpha value is -3.52. The molecule has 2 aliphatic rings. The summed E-state index contributed by atoms with van der Waals surface area (Å²) in [6, 6.07) is 11.3. The maximum absolute atomic E-state index is 13.2. The summed E-state index contributed by atoms with van der Waals surface area (Å²) in [5.41, 5.74) is 3.42. The third-order valence-electron chi connectivity index (χ3n) is 6.51. The molecule has 8 heteroatoms. The fourth-order valence-electron chi connectivity index (χ4n) is 4.62. The van der Waals surface area contributed by atoms with Gasteiger partial charge in [-0.15, -0.1) is 0 Å². The van der Waals surface area contributed by atoms with Crippen LogP contribution in [0.2, 0.25) is 0 Å². The number of nitrogens with zero attached hydrogens (tertiary/aromatic N) is 1. The second-order valence-corrected chi connectivity index (χ2v) is 8.93. The molecule has 3 aromatic rings. The van der Waals surface area contributed by atoms with Crippen LogP contribution in [0.3, 0.4) is 0 Å². The summed E-state index contributed by atoms with van der Waals surface area (Å²) in [5, 5.41) is 20.0. The molecule has 5 rings (SSSR count). The van der Waals surface area contributed by atoms with Crippen LogP contribution in [0.15, 0.2) is 48.8 Å².